The van der Waals surface area contributed by atoms with Crippen molar-refractivity contribution in [2.45, 2.75) is 24.2 Å². The van der Waals surface area contributed by atoms with Crippen LogP contribution in [-0.2, 0) is 10.0 Å². The average molecular weight is 255 g/mol. The number of benzene rings is 1. The monoisotopic (exact) mass is 255 g/mol. The van der Waals surface area contributed by atoms with Crippen molar-refractivity contribution in [1.82, 2.24) is 4.72 Å². The first-order valence-electron chi connectivity index (χ1n) is 5.40. The Morgan fingerprint density at radius 1 is 1.24 bits per heavy atom. The number of amidine groups is 1. The summed E-state index contributed by atoms with van der Waals surface area (Å²) in [7, 11) is -3.40. The third-order valence-corrected chi connectivity index (χ3v) is 3.70. The zero-order chi connectivity index (χ0) is 12.7. The van der Waals surface area contributed by atoms with Gasteiger partial charge in [0.05, 0.1) is 10.7 Å². The molecule has 5 nitrogen and oxygen atoms in total. The highest BCUT2D eigenvalue weighted by Crippen LogP contribution is 2.07. The van der Waals surface area contributed by atoms with Gasteiger partial charge >= 0.3 is 0 Å². The SMILES string of the molecule is N=C(N)CCCCNS(=O)(=O)c1ccccc1. The number of sulfonamides is 1. The maximum atomic E-state index is 11.8. The van der Waals surface area contributed by atoms with Gasteiger partial charge in [0.1, 0.15) is 0 Å². The highest BCUT2D eigenvalue weighted by atomic mass is 32.2. The molecule has 1 aromatic carbocycles. The van der Waals surface area contributed by atoms with E-state index in [2.05, 4.69) is 4.72 Å². The minimum absolute atomic E-state index is 0.135. The lowest BCUT2D eigenvalue weighted by atomic mass is 10.2. The molecule has 94 valence electrons. The van der Waals surface area contributed by atoms with Crippen molar-refractivity contribution in [1.29, 1.82) is 5.41 Å². The molecule has 0 saturated heterocycles. The van der Waals surface area contributed by atoms with E-state index in [0.717, 1.165) is 0 Å². The van der Waals surface area contributed by atoms with E-state index >= 15 is 0 Å². The van der Waals surface area contributed by atoms with Gasteiger partial charge in [0, 0.05) is 13.0 Å². The van der Waals surface area contributed by atoms with Gasteiger partial charge in [-0.25, -0.2) is 13.1 Å². The molecule has 4 N–H and O–H groups in total. The molecule has 6 heteroatoms. The topological polar surface area (TPSA) is 96.0 Å². The molecule has 0 aliphatic rings. The summed E-state index contributed by atoms with van der Waals surface area (Å²) in [5.41, 5.74) is 5.20. The van der Waals surface area contributed by atoms with Crippen molar-refractivity contribution in [3.63, 3.8) is 0 Å². The van der Waals surface area contributed by atoms with E-state index in [1.165, 1.54) is 0 Å². The van der Waals surface area contributed by atoms with Gasteiger partial charge in [-0.2, -0.15) is 0 Å². The fourth-order valence-electron chi connectivity index (χ4n) is 1.33. The number of hydrogen-bond donors (Lipinski definition) is 3. The Morgan fingerprint density at radius 2 is 1.88 bits per heavy atom. The molecule has 0 unspecified atom stereocenters. The summed E-state index contributed by atoms with van der Waals surface area (Å²) in [5, 5.41) is 7.03. The maximum Gasteiger partial charge on any atom is 0.240 e. The van der Waals surface area contributed by atoms with Crippen LogP contribution in [0, 0.1) is 5.41 Å². The first kappa shape index (κ1) is 13.7. The molecule has 0 fully saturated rings. The normalized spacial score (nSPS) is 11.3. The Morgan fingerprint density at radius 3 is 2.47 bits per heavy atom. The molecule has 17 heavy (non-hydrogen) atoms. The van der Waals surface area contributed by atoms with Crippen LogP contribution in [-0.4, -0.2) is 20.8 Å². The highest BCUT2D eigenvalue weighted by molar-refractivity contribution is 7.89. The van der Waals surface area contributed by atoms with Crippen LogP contribution in [0.25, 0.3) is 0 Å². The predicted octanol–water partition coefficient (Wildman–Crippen LogP) is 1.07. The van der Waals surface area contributed by atoms with E-state index in [4.69, 9.17) is 11.1 Å². The molecule has 0 saturated carbocycles. The molecule has 0 amide bonds. The molecule has 0 aliphatic heterocycles. The molecule has 0 atom stereocenters. The van der Waals surface area contributed by atoms with E-state index in [0.29, 0.717) is 25.8 Å². The molecular formula is C11H17N3O2S. The molecule has 0 spiro atoms. The van der Waals surface area contributed by atoms with Crippen molar-refractivity contribution in [2.24, 2.45) is 5.73 Å². The minimum Gasteiger partial charge on any atom is -0.388 e. The highest BCUT2D eigenvalue weighted by Gasteiger charge is 2.11. The molecular weight excluding hydrogens is 238 g/mol. The van der Waals surface area contributed by atoms with Crippen molar-refractivity contribution in [2.75, 3.05) is 6.54 Å². The summed E-state index contributed by atoms with van der Waals surface area (Å²) in [6.45, 7) is 0.366. The predicted molar refractivity (Wildman–Crippen MR) is 67.4 cm³/mol. The number of nitrogens with two attached hydrogens (primary N) is 1. The van der Waals surface area contributed by atoms with E-state index in [1.807, 2.05) is 0 Å². The molecule has 0 aromatic heterocycles. The number of nitrogens with one attached hydrogen (secondary N) is 2. The van der Waals surface area contributed by atoms with Crippen LogP contribution in [0.5, 0.6) is 0 Å². The molecule has 0 bridgehead atoms. The summed E-state index contributed by atoms with van der Waals surface area (Å²) < 4.78 is 26.0. The van der Waals surface area contributed by atoms with Gasteiger partial charge in [0.2, 0.25) is 10.0 Å². The van der Waals surface area contributed by atoms with Crippen LogP contribution in [0.4, 0.5) is 0 Å². The van der Waals surface area contributed by atoms with Gasteiger partial charge in [-0.1, -0.05) is 18.2 Å². The smallest absolute Gasteiger partial charge is 0.240 e. The average Bonchev–Trinajstić information content (AvgIpc) is 2.29. The van der Waals surface area contributed by atoms with Crippen molar-refractivity contribution < 1.29 is 8.42 Å². The van der Waals surface area contributed by atoms with E-state index in [-0.39, 0.29) is 10.7 Å². The molecule has 0 heterocycles. The number of unbranched alkanes of at least 4 members (excludes halogenated alkanes) is 1. The van der Waals surface area contributed by atoms with E-state index in [1.54, 1.807) is 30.3 Å². The fraction of sp³-hybridized carbons (Fsp3) is 0.364. The molecule has 1 aromatic rings. The number of hydrogen-bond acceptors (Lipinski definition) is 3. The van der Waals surface area contributed by atoms with Gasteiger partial charge in [0.25, 0.3) is 0 Å². The first-order chi connectivity index (χ1) is 8.02. The summed E-state index contributed by atoms with van der Waals surface area (Å²) >= 11 is 0. The molecule has 1 rings (SSSR count). The first-order valence-corrected chi connectivity index (χ1v) is 6.88. The van der Waals surface area contributed by atoms with Crippen LogP contribution < -0.4 is 10.5 Å². The maximum absolute atomic E-state index is 11.8. The second kappa shape index (κ2) is 6.36. The Balaban J connectivity index is 2.39. The largest absolute Gasteiger partial charge is 0.388 e. The molecule has 0 aliphatic carbocycles. The lowest BCUT2D eigenvalue weighted by molar-refractivity contribution is 0.577. The zero-order valence-corrected chi connectivity index (χ0v) is 10.3. The second-order valence-electron chi connectivity index (χ2n) is 3.69. The fourth-order valence-corrected chi connectivity index (χ4v) is 2.43. The molecule has 0 radical (unpaired) electrons. The number of rotatable bonds is 7. The Bertz CT molecular complexity index is 457. The zero-order valence-electron chi connectivity index (χ0n) is 9.52. The second-order valence-corrected chi connectivity index (χ2v) is 5.46. The van der Waals surface area contributed by atoms with Crippen LogP contribution in [0.1, 0.15) is 19.3 Å². The van der Waals surface area contributed by atoms with Gasteiger partial charge in [-0.05, 0) is 25.0 Å². The quantitative estimate of drug-likeness (QED) is 0.386. The Kier molecular flexibility index (Phi) is 5.11. The summed E-state index contributed by atoms with van der Waals surface area (Å²) in [6, 6.07) is 8.25. The van der Waals surface area contributed by atoms with Gasteiger partial charge in [-0.15, -0.1) is 0 Å². The third kappa shape index (κ3) is 4.97. The Labute approximate surface area is 102 Å². The van der Waals surface area contributed by atoms with Crippen LogP contribution in [0.3, 0.4) is 0 Å². The van der Waals surface area contributed by atoms with Crippen LogP contribution in [0.15, 0.2) is 35.2 Å². The van der Waals surface area contributed by atoms with Gasteiger partial charge in [-0.3, -0.25) is 5.41 Å². The minimum atomic E-state index is -3.40. The lowest BCUT2D eigenvalue weighted by Crippen LogP contribution is -2.25. The van der Waals surface area contributed by atoms with Gasteiger partial charge in [0.15, 0.2) is 0 Å². The standard InChI is InChI=1S/C11H17N3O2S/c12-11(13)8-4-5-9-14-17(15,16)10-6-2-1-3-7-10/h1-3,6-7,14H,4-5,8-9H2,(H3,12,13). The van der Waals surface area contributed by atoms with Gasteiger partial charge < -0.3 is 5.73 Å². The van der Waals surface area contributed by atoms with Crippen molar-refractivity contribution in [3.8, 4) is 0 Å². The van der Waals surface area contributed by atoms with Crippen molar-refractivity contribution >= 4 is 15.9 Å². The summed E-state index contributed by atoms with van der Waals surface area (Å²) in [4.78, 5) is 0.270. The summed E-state index contributed by atoms with van der Waals surface area (Å²) in [5.74, 6) is 0.135. The third-order valence-electron chi connectivity index (χ3n) is 2.22. The lowest BCUT2D eigenvalue weighted by Gasteiger charge is -2.06. The van der Waals surface area contributed by atoms with Crippen LogP contribution in [0.2, 0.25) is 0 Å². The van der Waals surface area contributed by atoms with E-state index < -0.39 is 10.0 Å². The summed E-state index contributed by atoms with van der Waals surface area (Å²) in [6.07, 6.45) is 1.89. The van der Waals surface area contributed by atoms with Crippen molar-refractivity contribution in [3.05, 3.63) is 30.3 Å². The van der Waals surface area contributed by atoms with E-state index in [9.17, 15) is 8.42 Å². The Hall–Kier alpha value is -1.40. The van der Waals surface area contributed by atoms with Crippen LogP contribution >= 0.6 is 0 Å².